The van der Waals surface area contributed by atoms with Crippen molar-refractivity contribution in [1.82, 2.24) is 9.97 Å². The van der Waals surface area contributed by atoms with Crippen molar-refractivity contribution in [3.05, 3.63) is 29.4 Å². The monoisotopic (exact) mass is 312 g/mol. The number of aromatic nitrogens is 2. The lowest BCUT2D eigenvalue weighted by molar-refractivity contribution is 0.102. The van der Waals surface area contributed by atoms with Crippen LogP contribution in [0.15, 0.2) is 23.7 Å². The van der Waals surface area contributed by atoms with E-state index in [0.717, 1.165) is 10.6 Å². The minimum Gasteiger partial charge on any atom is -0.481 e. The van der Waals surface area contributed by atoms with Crippen molar-refractivity contribution in [2.75, 3.05) is 12.4 Å². The predicted octanol–water partition coefficient (Wildman–Crippen LogP) is 2.79. The van der Waals surface area contributed by atoms with Gasteiger partial charge in [0.15, 0.2) is 5.78 Å². The molecule has 0 amide bonds. The lowest BCUT2D eigenvalue weighted by Crippen LogP contribution is -1.99. The average molecular weight is 313 g/mol. The third kappa shape index (κ3) is 2.70. The van der Waals surface area contributed by atoms with Gasteiger partial charge in [0.2, 0.25) is 5.88 Å². The zero-order valence-corrected chi connectivity index (χ0v) is 11.4. The summed E-state index contributed by atoms with van der Waals surface area (Å²) in [5.41, 5.74) is 1.36. The molecule has 0 aliphatic carbocycles. The number of rotatable bonds is 4. The summed E-state index contributed by atoms with van der Waals surface area (Å²) in [6, 6.07) is 3.63. The first-order valence-corrected chi connectivity index (χ1v) is 6.80. The van der Waals surface area contributed by atoms with E-state index in [-0.39, 0.29) is 11.1 Å². The number of ether oxygens (including phenoxy) is 1. The molecule has 4 nitrogen and oxygen atoms in total. The highest BCUT2D eigenvalue weighted by molar-refractivity contribution is 9.09. The lowest BCUT2D eigenvalue weighted by atomic mass is 10.3. The van der Waals surface area contributed by atoms with Crippen molar-refractivity contribution in [2.24, 2.45) is 0 Å². The first-order valence-electron chi connectivity index (χ1n) is 4.79. The standard InChI is InChI=1S/C11H9BrN2O2S/c1-16-10-3-2-7(5-13-10)11-14-8(6-17-11)9(15)4-12/h2-3,5-6H,4H2,1H3. The van der Waals surface area contributed by atoms with Crippen LogP contribution in [0, 0.1) is 0 Å². The fourth-order valence-electron chi connectivity index (χ4n) is 1.23. The Morgan fingerprint density at radius 2 is 2.35 bits per heavy atom. The Labute approximate surface area is 111 Å². The third-order valence-electron chi connectivity index (χ3n) is 2.10. The molecule has 2 aromatic rings. The van der Waals surface area contributed by atoms with E-state index >= 15 is 0 Å². The van der Waals surface area contributed by atoms with E-state index in [4.69, 9.17) is 4.74 Å². The fourth-order valence-corrected chi connectivity index (χ4v) is 2.33. The zero-order valence-electron chi connectivity index (χ0n) is 9.01. The third-order valence-corrected chi connectivity index (χ3v) is 3.50. The molecule has 6 heteroatoms. The second kappa shape index (κ2) is 5.37. The van der Waals surface area contributed by atoms with Gasteiger partial charge in [-0.2, -0.15) is 0 Å². The van der Waals surface area contributed by atoms with Gasteiger partial charge in [0, 0.05) is 23.2 Å². The molecule has 0 aliphatic rings. The SMILES string of the molecule is COc1ccc(-c2nc(C(=O)CBr)cs2)cn1. The average Bonchev–Trinajstić information content (AvgIpc) is 2.87. The summed E-state index contributed by atoms with van der Waals surface area (Å²) in [7, 11) is 1.57. The van der Waals surface area contributed by atoms with E-state index in [9.17, 15) is 4.79 Å². The number of hydrogen-bond acceptors (Lipinski definition) is 5. The molecule has 0 N–H and O–H groups in total. The smallest absolute Gasteiger partial charge is 0.212 e. The molecule has 2 aromatic heterocycles. The fraction of sp³-hybridized carbons (Fsp3) is 0.182. The number of methoxy groups -OCH3 is 1. The number of ketones is 1. The van der Waals surface area contributed by atoms with Gasteiger partial charge in [-0.15, -0.1) is 11.3 Å². The molecule has 0 unspecified atom stereocenters. The maximum Gasteiger partial charge on any atom is 0.212 e. The molecule has 0 saturated carbocycles. The van der Waals surface area contributed by atoms with Gasteiger partial charge < -0.3 is 4.74 Å². The number of halogens is 1. The van der Waals surface area contributed by atoms with E-state index in [1.54, 1.807) is 24.8 Å². The molecule has 0 fully saturated rings. The molecule has 0 saturated heterocycles. The molecule has 17 heavy (non-hydrogen) atoms. The Morgan fingerprint density at radius 3 is 2.94 bits per heavy atom. The Balaban J connectivity index is 2.27. The zero-order chi connectivity index (χ0) is 12.3. The minimum absolute atomic E-state index is 0.0195. The summed E-state index contributed by atoms with van der Waals surface area (Å²) >= 11 is 4.55. The molecular formula is C11H9BrN2O2S. The minimum atomic E-state index is -0.0195. The molecule has 0 radical (unpaired) electrons. The van der Waals surface area contributed by atoms with Crippen molar-refractivity contribution < 1.29 is 9.53 Å². The highest BCUT2D eigenvalue weighted by Gasteiger charge is 2.10. The van der Waals surface area contributed by atoms with Gasteiger partial charge in [-0.05, 0) is 6.07 Å². The Kier molecular flexibility index (Phi) is 3.86. The van der Waals surface area contributed by atoms with E-state index in [0.29, 0.717) is 11.6 Å². The van der Waals surface area contributed by atoms with Crippen LogP contribution in [-0.2, 0) is 0 Å². The Bertz CT molecular complexity index is 525. The van der Waals surface area contributed by atoms with Crippen LogP contribution in [0.1, 0.15) is 10.5 Å². The number of nitrogens with zero attached hydrogens (tertiary/aromatic N) is 2. The van der Waals surface area contributed by atoms with E-state index in [2.05, 4.69) is 25.9 Å². The van der Waals surface area contributed by atoms with Gasteiger partial charge in [-0.1, -0.05) is 15.9 Å². The predicted molar refractivity (Wildman–Crippen MR) is 70.0 cm³/mol. The molecule has 2 heterocycles. The Morgan fingerprint density at radius 1 is 1.53 bits per heavy atom. The van der Waals surface area contributed by atoms with Crippen LogP contribution in [0.2, 0.25) is 0 Å². The van der Waals surface area contributed by atoms with Gasteiger partial charge in [0.1, 0.15) is 10.7 Å². The maximum atomic E-state index is 11.4. The van der Waals surface area contributed by atoms with Crippen LogP contribution in [0.3, 0.4) is 0 Å². The lowest BCUT2D eigenvalue weighted by Gasteiger charge is -1.98. The highest BCUT2D eigenvalue weighted by Crippen LogP contribution is 2.24. The van der Waals surface area contributed by atoms with Gasteiger partial charge in [0.05, 0.1) is 12.4 Å². The van der Waals surface area contributed by atoms with Crippen LogP contribution < -0.4 is 4.74 Å². The van der Waals surface area contributed by atoms with Crippen molar-refractivity contribution in [2.45, 2.75) is 0 Å². The van der Waals surface area contributed by atoms with Crippen molar-refractivity contribution in [3.63, 3.8) is 0 Å². The number of pyridine rings is 1. The normalized spacial score (nSPS) is 10.2. The molecule has 0 bridgehead atoms. The van der Waals surface area contributed by atoms with Gasteiger partial charge in [0.25, 0.3) is 0 Å². The summed E-state index contributed by atoms with van der Waals surface area (Å²) in [5, 5.41) is 2.82. The number of Topliss-reactive ketones (excluding diaryl/α,β-unsaturated/α-hetero) is 1. The molecule has 88 valence electrons. The van der Waals surface area contributed by atoms with Gasteiger partial charge in [-0.3, -0.25) is 4.79 Å². The van der Waals surface area contributed by atoms with Gasteiger partial charge in [-0.25, -0.2) is 9.97 Å². The van der Waals surface area contributed by atoms with Crippen molar-refractivity contribution in [3.8, 4) is 16.5 Å². The van der Waals surface area contributed by atoms with Gasteiger partial charge >= 0.3 is 0 Å². The maximum absolute atomic E-state index is 11.4. The second-order valence-corrected chi connectivity index (χ2v) is 4.60. The number of carbonyl (C=O) groups excluding carboxylic acids is 1. The highest BCUT2D eigenvalue weighted by atomic mass is 79.9. The molecule has 0 spiro atoms. The summed E-state index contributed by atoms with van der Waals surface area (Å²) in [6.45, 7) is 0. The summed E-state index contributed by atoms with van der Waals surface area (Å²) in [6.07, 6.45) is 1.68. The first kappa shape index (κ1) is 12.2. The molecule has 0 atom stereocenters. The number of thiazole rings is 1. The van der Waals surface area contributed by atoms with Crippen LogP contribution in [-0.4, -0.2) is 28.2 Å². The number of alkyl halides is 1. The number of carbonyl (C=O) groups is 1. The van der Waals surface area contributed by atoms with Crippen LogP contribution in [0.25, 0.3) is 10.6 Å². The summed E-state index contributed by atoms with van der Waals surface area (Å²) in [4.78, 5) is 19.8. The topological polar surface area (TPSA) is 52.1 Å². The van der Waals surface area contributed by atoms with E-state index < -0.39 is 0 Å². The van der Waals surface area contributed by atoms with E-state index in [1.165, 1.54) is 11.3 Å². The quantitative estimate of drug-likeness (QED) is 0.643. The van der Waals surface area contributed by atoms with Crippen molar-refractivity contribution in [1.29, 1.82) is 0 Å². The number of hydrogen-bond donors (Lipinski definition) is 0. The molecule has 0 aromatic carbocycles. The van der Waals surface area contributed by atoms with Crippen molar-refractivity contribution >= 4 is 33.0 Å². The van der Waals surface area contributed by atoms with E-state index in [1.807, 2.05) is 6.07 Å². The summed E-state index contributed by atoms with van der Waals surface area (Å²) < 4.78 is 4.98. The van der Waals surface area contributed by atoms with Crippen LogP contribution in [0.5, 0.6) is 5.88 Å². The summed E-state index contributed by atoms with van der Waals surface area (Å²) in [5.74, 6) is 0.538. The second-order valence-electron chi connectivity index (χ2n) is 3.18. The first-order chi connectivity index (χ1) is 8.24. The Hall–Kier alpha value is -1.27. The molecule has 0 aliphatic heterocycles. The van der Waals surface area contributed by atoms with Crippen LogP contribution in [0.4, 0.5) is 0 Å². The molecule has 2 rings (SSSR count). The van der Waals surface area contributed by atoms with Crippen LogP contribution >= 0.6 is 27.3 Å². The molecular weight excluding hydrogens is 304 g/mol. The largest absolute Gasteiger partial charge is 0.481 e.